The van der Waals surface area contributed by atoms with Gasteiger partial charge in [0.1, 0.15) is 16.9 Å². The number of nitrogens with zero attached hydrogens (tertiary/aromatic N) is 1. The van der Waals surface area contributed by atoms with Crippen LogP contribution in [0.5, 0.6) is 0 Å². The first-order valence-corrected chi connectivity index (χ1v) is 15.4. The van der Waals surface area contributed by atoms with Gasteiger partial charge >= 0.3 is 0 Å². The van der Waals surface area contributed by atoms with Crippen LogP contribution in [0.25, 0.3) is 53.1 Å². The molecule has 1 radical (unpaired) electrons. The number of para-hydroxylation sites is 1. The molecule has 0 amide bonds. The summed E-state index contributed by atoms with van der Waals surface area (Å²) in [7, 11) is 0. The Hall–Kier alpha value is -3.05. The molecule has 0 saturated carbocycles. The van der Waals surface area contributed by atoms with Crippen molar-refractivity contribution in [1.29, 1.82) is 0 Å². The van der Waals surface area contributed by atoms with E-state index in [-0.39, 0.29) is 42.5 Å². The Labute approximate surface area is 265 Å². The standard InChI is InChI=1S/C21H10NOS.C15H28O2.Ir/c1-2-7-14-12(5-1)11-16-21(22-14)13-6-3-9-17-19(13)20-15(23-16)8-4-10-18(20)24-17;1-7-14(5,8-2)12(16)11-13(17)15(6,9-3)10-4;/h1-5,7-11H;11,16H,7-10H2,1-6H3;/q-1;;/b;12-11-;. The van der Waals surface area contributed by atoms with Gasteiger partial charge < -0.3 is 9.52 Å². The molecule has 3 aromatic heterocycles. The van der Waals surface area contributed by atoms with Gasteiger partial charge in [-0.05, 0) is 54.6 Å². The molecule has 1 N–H and O–H groups in total. The Bertz CT molecular complexity index is 1910. The zero-order chi connectivity index (χ0) is 29.4. The Kier molecular flexibility index (Phi) is 9.62. The van der Waals surface area contributed by atoms with E-state index in [0.717, 1.165) is 58.7 Å². The Morgan fingerprint density at radius 1 is 0.905 bits per heavy atom. The summed E-state index contributed by atoms with van der Waals surface area (Å²) in [5.74, 6) is 0.286. The maximum absolute atomic E-state index is 12.2. The van der Waals surface area contributed by atoms with E-state index < -0.39 is 0 Å². The van der Waals surface area contributed by atoms with Crippen molar-refractivity contribution in [2.45, 2.75) is 67.2 Å². The second kappa shape index (κ2) is 12.7. The number of ketones is 1. The number of hydrogen-bond acceptors (Lipinski definition) is 5. The van der Waals surface area contributed by atoms with Gasteiger partial charge in [0.25, 0.3) is 0 Å². The van der Waals surface area contributed by atoms with Gasteiger partial charge in [0.05, 0.1) is 5.52 Å². The zero-order valence-electron chi connectivity index (χ0n) is 25.1. The number of pyridine rings is 1. The number of hydrogen-bond donors (Lipinski definition) is 1. The van der Waals surface area contributed by atoms with E-state index in [2.05, 4.69) is 36.4 Å². The molecule has 0 fully saturated rings. The van der Waals surface area contributed by atoms with Crippen molar-refractivity contribution in [2.75, 3.05) is 0 Å². The van der Waals surface area contributed by atoms with Crippen LogP contribution in [0.3, 0.4) is 0 Å². The third kappa shape index (κ3) is 5.65. The smallest absolute Gasteiger partial charge is 0.164 e. The normalized spacial score (nSPS) is 12.6. The molecule has 221 valence electrons. The van der Waals surface area contributed by atoms with Gasteiger partial charge in [0.15, 0.2) is 5.78 Å². The number of carbonyl (C=O) groups is 1. The summed E-state index contributed by atoms with van der Waals surface area (Å²) in [6, 6.07) is 24.0. The summed E-state index contributed by atoms with van der Waals surface area (Å²) in [6.07, 6.45) is 4.75. The molecule has 42 heavy (non-hydrogen) atoms. The summed E-state index contributed by atoms with van der Waals surface area (Å²) >= 11 is 1.79. The average Bonchev–Trinajstić information content (AvgIpc) is 3.33. The molecule has 0 aliphatic heterocycles. The van der Waals surface area contributed by atoms with Crippen molar-refractivity contribution in [1.82, 2.24) is 4.98 Å². The average molecular weight is 757 g/mol. The second-order valence-electron chi connectivity index (χ2n) is 11.4. The van der Waals surface area contributed by atoms with E-state index in [1.807, 2.05) is 71.9 Å². The first-order valence-electron chi connectivity index (χ1n) is 14.6. The van der Waals surface area contributed by atoms with Crippen LogP contribution in [0.2, 0.25) is 0 Å². The van der Waals surface area contributed by atoms with Gasteiger partial charge in [-0.1, -0.05) is 71.2 Å². The molecule has 0 aliphatic carbocycles. The molecule has 0 unspecified atom stereocenters. The van der Waals surface area contributed by atoms with Gasteiger partial charge in [0.2, 0.25) is 0 Å². The summed E-state index contributed by atoms with van der Waals surface area (Å²) in [4.78, 5) is 17.1. The van der Waals surface area contributed by atoms with Gasteiger partial charge in [0, 0.05) is 58.0 Å². The van der Waals surface area contributed by atoms with Crippen LogP contribution in [-0.2, 0) is 24.9 Å². The number of aromatic nitrogens is 1. The first-order chi connectivity index (χ1) is 19.7. The molecular formula is C36H38IrNO3S-. The van der Waals surface area contributed by atoms with Gasteiger partial charge in [-0.15, -0.1) is 23.6 Å². The third-order valence-corrected chi connectivity index (χ3v) is 10.3. The van der Waals surface area contributed by atoms with Crippen LogP contribution in [0, 0.1) is 16.9 Å². The number of carbonyl (C=O) groups excluding carboxylic acids is 1. The minimum atomic E-state index is -0.337. The minimum Gasteiger partial charge on any atom is -0.512 e. The van der Waals surface area contributed by atoms with E-state index in [1.54, 1.807) is 11.3 Å². The number of fused-ring (bicyclic) bond motifs is 3. The van der Waals surface area contributed by atoms with Crippen molar-refractivity contribution in [3.8, 4) is 0 Å². The second-order valence-corrected chi connectivity index (χ2v) is 12.5. The fraction of sp³-hybridized carbons (Fsp3) is 0.333. The van der Waals surface area contributed by atoms with E-state index in [9.17, 15) is 9.90 Å². The molecule has 6 heteroatoms. The van der Waals surface area contributed by atoms with Crippen molar-refractivity contribution in [2.24, 2.45) is 10.8 Å². The van der Waals surface area contributed by atoms with Gasteiger partial charge in [-0.3, -0.25) is 9.78 Å². The Balaban J connectivity index is 0.000000203. The largest absolute Gasteiger partial charge is 0.512 e. The maximum Gasteiger partial charge on any atom is 0.164 e. The van der Waals surface area contributed by atoms with Gasteiger partial charge in [-0.2, -0.15) is 11.3 Å². The minimum absolute atomic E-state index is 0. The molecule has 0 saturated heterocycles. The Morgan fingerprint density at radius 3 is 2.26 bits per heavy atom. The predicted octanol–water partition coefficient (Wildman–Crippen LogP) is 10.9. The van der Waals surface area contributed by atoms with E-state index >= 15 is 0 Å². The predicted molar refractivity (Wildman–Crippen MR) is 174 cm³/mol. The number of benzene rings is 3. The van der Waals surface area contributed by atoms with E-state index in [1.165, 1.54) is 26.2 Å². The van der Waals surface area contributed by atoms with Crippen LogP contribution in [0.4, 0.5) is 0 Å². The molecule has 6 rings (SSSR count). The number of rotatable bonds is 7. The number of aliphatic hydroxyl groups is 1. The molecule has 0 aliphatic rings. The van der Waals surface area contributed by atoms with Crippen molar-refractivity contribution in [3.63, 3.8) is 0 Å². The summed E-state index contributed by atoms with van der Waals surface area (Å²) in [6.45, 7) is 12.1. The Morgan fingerprint density at radius 2 is 1.57 bits per heavy atom. The summed E-state index contributed by atoms with van der Waals surface area (Å²) in [5, 5.41) is 14.6. The molecule has 0 spiro atoms. The third-order valence-electron chi connectivity index (χ3n) is 9.16. The number of aliphatic hydroxyl groups excluding tert-OH is 1. The van der Waals surface area contributed by atoms with Crippen LogP contribution in [0.1, 0.15) is 67.2 Å². The molecule has 3 aromatic carbocycles. The zero-order valence-corrected chi connectivity index (χ0v) is 28.3. The van der Waals surface area contributed by atoms with Crippen molar-refractivity contribution in [3.05, 3.63) is 78.6 Å². The number of allylic oxidation sites excluding steroid dienone is 2. The SMILES string of the molecule is CCC(C)(CC)C(=O)/C=C(\O)C(C)(CC)CC.[Ir].[c-]1ccc2sc3cccc4oc5cc6ccccc6nc5c1c2c43. The van der Waals surface area contributed by atoms with Crippen LogP contribution < -0.4 is 0 Å². The quantitative estimate of drug-likeness (QED) is 0.100. The van der Waals surface area contributed by atoms with Gasteiger partial charge in [-0.25, -0.2) is 0 Å². The molecular weight excluding hydrogens is 719 g/mol. The molecule has 0 atom stereocenters. The first kappa shape index (κ1) is 31.9. The number of thiophene rings is 1. The summed E-state index contributed by atoms with van der Waals surface area (Å²) < 4.78 is 8.80. The van der Waals surface area contributed by atoms with Crippen LogP contribution in [-0.4, -0.2) is 15.9 Å². The van der Waals surface area contributed by atoms with E-state index in [4.69, 9.17) is 9.40 Å². The molecule has 3 heterocycles. The monoisotopic (exact) mass is 757 g/mol. The summed E-state index contributed by atoms with van der Waals surface area (Å²) in [5.41, 5.74) is 2.94. The molecule has 0 bridgehead atoms. The van der Waals surface area contributed by atoms with Crippen LogP contribution in [0.15, 0.2) is 76.9 Å². The van der Waals surface area contributed by atoms with Crippen LogP contribution >= 0.6 is 11.3 Å². The fourth-order valence-corrected chi connectivity index (χ4v) is 6.33. The molecule has 6 aromatic rings. The molecule has 4 nitrogen and oxygen atoms in total. The van der Waals surface area contributed by atoms with E-state index in [0.29, 0.717) is 0 Å². The maximum atomic E-state index is 12.2. The fourth-order valence-electron chi connectivity index (χ4n) is 5.20. The van der Waals surface area contributed by atoms with Crippen molar-refractivity contribution >= 4 is 70.3 Å². The van der Waals surface area contributed by atoms with Crippen molar-refractivity contribution < 1.29 is 34.4 Å². The topological polar surface area (TPSA) is 63.3 Å².